The number of nitrogens with one attached hydrogen (secondary N) is 1. The van der Waals surface area contributed by atoms with Crippen LogP contribution in [-0.2, 0) is 20.3 Å². The molecule has 1 atom stereocenters. The summed E-state index contributed by atoms with van der Waals surface area (Å²) in [6, 6.07) is 11.7. The highest BCUT2D eigenvalue weighted by Crippen LogP contribution is 2.22. The van der Waals surface area contributed by atoms with Gasteiger partial charge in [0.25, 0.3) is 5.91 Å². The van der Waals surface area contributed by atoms with E-state index in [4.69, 9.17) is 16.3 Å². The smallest absolute Gasteiger partial charge is 0.339 e. The second-order valence-corrected chi connectivity index (χ2v) is 7.35. The molecule has 1 unspecified atom stereocenters. The van der Waals surface area contributed by atoms with E-state index in [-0.39, 0.29) is 5.56 Å². The molecule has 0 fully saturated rings. The van der Waals surface area contributed by atoms with E-state index < -0.39 is 29.3 Å². The summed E-state index contributed by atoms with van der Waals surface area (Å²) in [7, 11) is -1.29. The van der Waals surface area contributed by atoms with E-state index in [1.807, 2.05) is 13.0 Å². The van der Waals surface area contributed by atoms with Gasteiger partial charge in [-0.05, 0) is 36.8 Å². The molecular formula is C18H18ClNO4S. The van der Waals surface area contributed by atoms with Gasteiger partial charge in [0.15, 0.2) is 6.61 Å². The fourth-order valence-electron chi connectivity index (χ4n) is 2.11. The van der Waals surface area contributed by atoms with Gasteiger partial charge in [0.2, 0.25) is 0 Å². The summed E-state index contributed by atoms with van der Waals surface area (Å²) in [5.74, 6) is -0.813. The van der Waals surface area contributed by atoms with Crippen LogP contribution in [-0.4, -0.2) is 28.4 Å². The largest absolute Gasteiger partial charge is 0.452 e. The number of halogens is 1. The number of anilines is 1. The van der Waals surface area contributed by atoms with Gasteiger partial charge in [-0.2, -0.15) is 0 Å². The standard InChI is InChI=1S/C18H18ClNO4S/c1-3-25(23)16-7-5-4-6-13(16)18(22)24-11-17(21)20-15-9-8-12(2)10-14(15)19/h4-10H,3,11H2,1-2H3,(H,20,21). The van der Waals surface area contributed by atoms with Crippen LogP contribution in [0.15, 0.2) is 47.4 Å². The third kappa shape index (κ3) is 5.14. The summed E-state index contributed by atoms with van der Waals surface area (Å²) in [6.45, 7) is 3.18. The second kappa shape index (κ2) is 8.78. The Bertz CT molecular complexity index is 822. The summed E-state index contributed by atoms with van der Waals surface area (Å²) in [4.78, 5) is 24.5. The van der Waals surface area contributed by atoms with Crippen molar-refractivity contribution < 1.29 is 18.5 Å². The molecule has 1 N–H and O–H groups in total. The molecule has 0 saturated carbocycles. The lowest BCUT2D eigenvalue weighted by atomic mass is 10.2. The van der Waals surface area contributed by atoms with Gasteiger partial charge in [-0.3, -0.25) is 9.00 Å². The fraction of sp³-hybridized carbons (Fsp3) is 0.222. The molecule has 0 radical (unpaired) electrons. The van der Waals surface area contributed by atoms with Crippen LogP contribution in [0.3, 0.4) is 0 Å². The van der Waals surface area contributed by atoms with Crippen LogP contribution in [0.1, 0.15) is 22.8 Å². The highest BCUT2D eigenvalue weighted by atomic mass is 35.5. The maximum Gasteiger partial charge on any atom is 0.339 e. The maximum atomic E-state index is 12.2. The van der Waals surface area contributed by atoms with E-state index in [9.17, 15) is 13.8 Å². The normalized spacial score (nSPS) is 11.6. The Labute approximate surface area is 153 Å². The first kappa shape index (κ1) is 19.1. The van der Waals surface area contributed by atoms with Gasteiger partial charge in [0.05, 0.1) is 32.0 Å². The average molecular weight is 380 g/mol. The van der Waals surface area contributed by atoms with Gasteiger partial charge in [0.1, 0.15) is 0 Å². The molecule has 0 bridgehead atoms. The Morgan fingerprint density at radius 2 is 1.92 bits per heavy atom. The number of ether oxygens (including phenoxy) is 1. The first-order valence-corrected chi connectivity index (χ1v) is 9.32. The van der Waals surface area contributed by atoms with E-state index in [0.717, 1.165) is 5.56 Å². The highest BCUT2D eigenvalue weighted by Gasteiger charge is 2.17. The van der Waals surface area contributed by atoms with Crippen molar-refractivity contribution in [2.45, 2.75) is 18.7 Å². The summed E-state index contributed by atoms with van der Waals surface area (Å²) in [5, 5.41) is 2.99. The molecule has 25 heavy (non-hydrogen) atoms. The van der Waals surface area contributed by atoms with Crippen LogP contribution in [0.2, 0.25) is 5.02 Å². The highest BCUT2D eigenvalue weighted by molar-refractivity contribution is 7.85. The van der Waals surface area contributed by atoms with Crippen LogP contribution < -0.4 is 5.32 Å². The third-order valence-electron chi connectivity index (χ3n) is 3.35. The Morgan fingerprint density at radius 1 is 1.20 bits per heavy atom. The van der Waals surface area contributed by atoms with E-state index in [1.165, 1.54) is 6.07 Å². The minimum Gasteiger partial charge on any atom is -0.452 e. The zero-order valence-electron chi connectivity index (χ0n) is 13.9. The molecule has 0 saturated heterocycles. The van der Waals surface area contributed by atoms with Gasteiger partial charge in [-0.1, -0.05) is 36.7 Å². The number of esters is 1. The van der Waals surface area contributed by atoms with Crippen LogP contribution in [0.4, 0.5) is 5.69 Å². The maximum absolute atomic E-state index is 12.2. The van der Waals surface area contributed by atoms with Gasteiger partial charge in [-0.25, -0.2) is 4.79 Å². The predicted octanol–water partition coefficient (Wildman–Crippen LogP) is 3.57. The number of hydrogen-bond donors (Lipinski definition) is 1. The summed E-state index contributed by atoms with van der Waals surface area (Å²) >= 11 is 6.05. The minimum atomic E-state index is -1.29. The number of carbonyl (C=O) groups excluding carboxylic acids is 2. The number of amides is 1. The molecule has 1 amide bonds. The van der Waals surface area contributed by atoms with Crippen LogP contribution >= 0.6 is 11.6 Å². The average Bonchev–Trinajstić information content (AvgIpc) is 2.61. The summed E-state index contributed by atoms with van der Waals surface area (Å²) in [6.07, 6.45) is 0. The van der Waals surface area contributed by atoms with Gasteiger partial charge < -0.3 is 10.1 Å². The Morgan fingerprint density at radius 3 is 2.60 bits per heavy atom. The number of rotatable bonds is 6. The lowest BCUT2D eigenvalue weighted by Crippen LogP contribution is -2.21. The van der Waals surface area contributed by atoms with Gasteiger partial charge in [0, 0.05) is 5.75 Å². The number of carbonyl (C=O) groups is 2. The van der Waals surface area contributed by atoms with Crippen molar-refractivity contribution in [3.63, 3.8) is 0 Å². The van der Waals surface area contributed by atoms with E-state index in [1.54, 1.807) is 37.3 Å². The zero-order chi connectivity index (χ0) is 18.4. The predicted molar refractivity (Wildman–Crippen MR) is 98.5 cm³/mol. The molecule has 0 aromatic heterocycles. The molecule has 2 aromatic rings. The molecule has 0 aliphatic carbocycles. The third-order valence-corrected chi connectivity index (χ3v) is 5.03. The van der Waals surface area contributed by atoms with Crippen molar-refractivity contribution in [3.8, 4) is 0 Å². The Balaban J connectivity index is 2.00. The summed E-state index contributed by atoms with van der Waals surface area (Å²) < 4.78 is 17.0. The van der Waals surface area contributed by atoms with Crippen molar-refractivity contribution in [3.05, 3.63) is 58.6 Å². The molecule has 0 heterocycles. The van der Waals surface area contributed by atoms with Crippen molar-refractivity contribution in [2.75, 3.05) is 17.7 Å². The quantitative estimate of drug-likeness (QED) is 0.779. The fourth-order valence-corrected chi connectivity index (χ4v) is 3.33. The second-order valence-electron chi connectivity index (χ2n) is 5.24. The number of aryl methyl sites for hydroxylation is 1. The monoisotopic (exact) mass is 379 g/mol. The van der Waals surface area contributed by atoms with Crippen molar-refractivity contribution >= 4 is 40.0 Å². The van der Waals surface area contributed by atoms with Crippen LogP contribution in [0.25, 0.3) is 0 Å². The van der Waals surface area contributed by atoms with E-state index in [2.05, 4.69) is 5.32 Å². The molecule has 2 aromatic carbocycles. The van der Waals surface area contributed by atoms with Crippen LogP contribution in [0.5, 0.6) is 0 Å². The van der Waals surface area contributed by atoms with Gasteiger partial charge >= 0.3 is 5.97 Å². The zero-order valence-corrected chi connectivity index (χ0v) is 15.4. The lowest BCUT2D eigenvalue weighted by molar-refractivity contribution is -0.119. The Hall–Kier alpha value is -2.18. The molecule has 5 nitrogen and oxygen atoms in total. The first-order chi connectivity index (χ1) is 11.9. The van der Waals surface area contributed by atoms with E-state index in [0.29, 0.717) is 21.4 Å². The molecule has 0 aliphatic rings. The van der Waals surface area contributed by atoms with Crippen molar-refractivity contribution in [1.82, 2.24) is 0 Å². The SMILES string of the molecule is CCS(=O)c1ccccc1C(=O)OCC(=O)Nc1ccc(C)cc1Cl. The molecular weight excluding hydrogens is 362 g/mol. The molecule has 0 spiro atoms. The van der Waals surface area contributed by atoms with Gasteiger partial charge in [-0.15, -0.1) is 0 Å². The first-order valence-electron chi connectivity index (χ1n) is 7.63. The van der Waals surface area contributed by atoms with E-state index >= 15 is 0 Å². The topological polar surface area (TPSA) is 72.5 Å². The molecule has 0 aliphatic heterocycles. The minimum absolute atomic E-state index is 0.198. The molecule has 2 rings (SSSR count). The molecule has 132 valence electrons. The van der Waals surface area contributed by atoms with Crippen molar-refractivity contribution in [1.29, 1.82) is 0 Å². The number of hydrogen-bond acceptors (Lipinski definition) is 4. The lowest BCUT2D eigenvalue weighted by Gasteiger charge is -2.10. The number of benzene rings is 2. The Kier molecular flexibility index (Phi) is 6.73. The molecule has 7 heteroatoms. The summed E-state index contributed by atoms with van der Waals surface area (Å²) in [5.41, 5.74) is 1.61. The van der Waals surface area contributed by atoms with Crippen molar-refractivity contribution in [2.24, 2.45) is 0 Å². The van der Waals surface area contributed by atoms with Crippen LogP contribution in [0, 0.1) is 6.92 Å².